The summed E-state index contributed by atoms with van der Waals surface area (Å²) >= 11 is 0. The predicted octanol–water partition coefficient (Wildman–Crippen LogP) is 9.54. The zero-order chi connectivity index (χ0) is 26.0. The normalized spacial score (nSPS) is 17.6. The number of hydrogen-bond donors (Lipinski definition) is 0. The van der Waals surface area contributed by atoms with Crippen molar-refractivity contribution in [3.63, 3.8) is 0 Å². The molecule has 2 unspecified atom stereocenters. The lowest BCUT2D eigenvalue weighted by Gasteiger charge is -2.33. The third-order valence-electron chi connectivity index (χ3n) is 7.75. The quantitative estimate of drug-likeness (QED) is 0.178. The molecule has 1 aromatic heterocycles. The Morgan fingerprint density at radius 1 is 1.00 bits per heavy atom. The molecular weight excluding hydrogens is 459 g/mol. The molecule has 1 aromatic carbocycles. The molecule has 0 fully saturated rings. The topological polar surface area (TPSA) is 22.1 Å². The second-order valence-corrected chi connectivity index (χ2v) is 10.6. The zero-order valence-corrected chi connectivity index (χ0v) is 22.4. The molecule has 5 heteroatoms. The molecule has 3 rings (SSSR count). The summed E-state index contributed by atoms with van der Waals surface area (Å²) in [5.74, 6) is -4.58. The molecule has 2 aromatic rings. The van der Waals surface area contributed by atoms with Crippen LogP contribution < -0.4 is 4.74 Å². The van der Waals surface area contributed by atoms with Crippen molar-refractivity contribution in [2.45, 2.75) is 116 Å². The fourth-order valence-electron chi connectivity index (χ4n) is 5.19. The summed E-state index contributed by atoms with van der Waals surface area (Å²) in [6.07, 6.45) is 13.0. The first-order valence-electron chi connectivity index (χ1n) is 14.2. The van der Waals surface area contributed by atoms with E-state index in [-0.39, 0.29) is 12.3 Å². The van der Waals surface area contributed by atoms with Crippen molar-refractivity contribution in [3.05, 3.63) is 58.5 Å². The molecule has 0 radical (unpaired) electrons. The van der Waals surface area contributed by atoms with Crippen LogP contribution in [0.4, 0.5) is 13.2 Å². The SMILES string of the molecule is CCCCCCCCOc1cc2c(c(F)n1)C(F)(F)C(c1ccc(CCCCC(C)CC)cc1)CC2. The van der Waals surface area contributed by atoms with Crippen molar-refractivity contribution in [3.8, 4) is 5.88 Å². The standard InChI is InChI=1S/C31H44F3NO/c1-4-6-7-8-9-12-21-36-28-22-26-19-20-27(31(33,34)29(26)30(32)35-28)25-17-15-24(16-18-25)14-11-10-13-23(3)5-2/h15-18,22-23,27H,4-14,19-21H2,1-3H3. The summed E-state index contributed by atoms with van der Waals surface area (Å²) in [7, 11) is 0. The fraction of sp³-hybridized carbons (Fsp3) is 0.645. The molecule has 1 aliphatic carbocycles. The number of hydrogen-bond acceptors (Lipinski definition) is 2. The third kappa shape index (κ3) is 7.73. The van der Waals surface area contributed by atoms with Gasteiger partial charge in [-0.1, -0.05) is 96.4 Å². The highest BCUT2D eigenvalue weighted by Crippen LogP contribution is 2.50. The number of fused-ring (bicyclic) bond motifs is 1. The van der Waals surface area contributed by atoms with Gasteiger partial charge in [-0.15, -0.1) is 0 Å². The van der Waals surface area contributed by atoms with E-state index in [0.29, 0.717) is 24.2 Å². The van der Waals surface area contributed by atoms with E-state index in [1.54, 1.807) is 12.1 Å². The summed E-state index contributed by atoms with van der Waals surface area (Å²) in [5, 5.41) is 0. The van der Waals surface area contributed by atoms with Crippen LogP contribution in [0.25, 0.3) is 0 Å². The van der Waals surface area contributed by atoms with E-state index >= 15 is 8.78 Å². The minimum Gasteiger partial charge on any atom is -0.478 e. The lowest BCUT2D eigenvalue weighted by atomic mass is 9.77. The van der Waals surface area contributed by atoms with Crippen molar-refractivity contribution in [2.75, 3.05) is 6.61 Å². The highest BCUT2D eigenvalue weighted by atomic mass is 19.3. The van der Waals surface area contributed by atoms with Gasteiger partial charge in [-0.2, -0.15) is 9.37 Å². The molecule has 0 saturated carbocycles. The van der Waals surface area contributed by atoms with Crippen molar-refractivity contribution in [2.24, 2.45) is 5.92 Å². The van der Waals surface area contributed by atoms with Crippen LogP contribution in [0.1, 0.15) is 120 Å². The molecule has 200 valence electrons. The number of aryl methyl sites for hydroxylation is 2. The summed E-state index contributed by atoms with van der Waals surface area (Å²) in [6, 6.07) is 9.03. The Morgan fingerprint density at radius 3 is 2.44 bits per heavy atom. The van der Waals surface area contributed by atoms with Crippen LogP contribution in [0.5, 0.6) is 5.88 Å². The van der Waals surface area contributed by atoms with Gasteiger partial charge in [0.1, 0.15) is 0 Å². The van der Waals surface area contributed by atoms with Gasteiger partial charge >= 0.3 is 0 Å². The zero-order valence-electron chi connectivity index (χ0n) is 22.4. The van der Waals surface area contributed by atoms with Gasteiger partial charge in [0.15, 0.2) is 0 Å². The Hall–Kier alpha value is -2.04. The highest BCUT2D eigenvalue weighted by molar-refractivity contribution is 5.40. The highest BCUT2D eigenvalue weighted by Gasteiger charge is 2.49. The molecule has 0 spiro atoms. The second-order valence-electron chi connectivity index (χ2n) is 10.6. The van der Waals surface area contributed by atoms with Crippen molar-refractivity contribution < 1.29 is 17.9 Å². The molecule has 0 bridgehead atoms. The van der Waals surface area contributed by atoms with Crippen molar-refractivity contribution >= 4 is 0 Å². The first-order chi connectivity index (χ1) is 17.4. The van der Waals surface area contributed by atoms with E-state index in [9.17, 15) is 4.39 Å². The van der Waals surface area contributed by atoms with Gasteiger partial charge in [0.05, 0.1) is 18.1 Å². The van der Waals surface area contributed by atoms with Gasteiger partial charge in [-0.3, -0.25) is 0 Å². The predicted molar refractivity (Wildman–Crippen MR) is 141 cm³/mol. The molecule has 0 N–H and O–H groups in total. The van der Waals surface area contributed by atoms with Gasteiger partial charge in [-0.25, -0.2) is 8.78 Å². The summed E-state index contributed by atoms with van der Waals surface area (Å²) in [5.41, 5.74) is 1.50. The molecule has 2 atom stereocenters. The number of halogens is 3. The molecule has 1 aliphatic rings. The molecule has 0 saturated heterocycles. The van der Waals surface area contributed by atoms with E-state index in [2.05, 4.69) is 25.8 Å². The Kier molecular flexibility index (Phi) is 11.1. The minimum atomic E-state index is -3.31. The largest absolute Gasteiger partial charge is 0.478 e. The number of pyridine rings is 1. The molecular formula is C31H44F3NO. The van der Waals surface area contributed by atoms with E-state index in [4.69, 9.17) is 4.74 Å². The number of nitrogens with zero attached hydrogens (tertiary/aromatic N) is 1. The summed E-state index contributed by atoms with van der Waals surface area (Å²) in [4.78, 5) is 3.76. The van der Waals surface area contributed by atoms with Gasteiger partial charge in [0, 0.05) is 6.07 Å². The first-order valence-corrected chi connectivity index (χ1v) is 14.2. The second kappa shape index (κ2) is 14.0. The monoisotopic (exact) mass is 503 g/mol. The Balaban J connectivity index is 1.59. The van der Waals surface area contributed by atoms with Crippen molar-refractivity contribution in [1.82, 2.24) is 4.98 Å². The number of unbranched alkanes of at least 4 members (excludes halogenated alkanes) is 6. The van der Waals surface area contributed by atoms with Crippen LogP contribution in [0.2, 0.25) is 0 Å². The third-order valence-corrected chi connectivity index (χ3v) is 7.75. The average molecular weight is 504 g/mol. The molecule has 0 aliphatic heterocycles. The Morgan fingerprint density at radius 2 is 1.72 bits per heavy atom. The van der Waals surface area contributed by atoms with Crippen LogP contribution in [-0.2, 0) is 18.8 Å². The van der Waals surface area contributed by atoms with Gasteiger partial charge in [0.25, 0.3) is 5.92 Å². The first kappa shape index (κ1) is 28.5. The van der Waals surface area contributed by atoms with Gasteiger partial charge in [0.2, 0.25) is 11.8 Å². The number of alkyl halides is 2. The maximum atomic E-state index is 15.5. The van der Waals surface area contributed by atoms with E-state index in [1.807, 2.05) is 12.1 Å². The summed E-state index contributed by atoms with van der Waals surface area (Å²) in [6.45, 7) is 7.10. The average Bonchev–Trinajstić information content (AvgIpc) is 2.86. The molecule has 0 amide bonds. The lowest BCUT2D eigenvalue weighted by Crippen LogP contribution is -2.32. The van der Waals surface area contributed by atoms with E-state index in [1.165, 1.54) is 50.2 Å². The van der Waals surface area contributed by atoms with Crippen LogP contribution in [-0.4, -0.2) is 11.6 Å². The van der Waals surface area contributed by atoms with Crippen LogP contribution in [0, 0.1) is 11.9 Å². The number of aromatic nitrogens is 1. The lowest BCUT2D eigenvalue weighted by molar-refractivity contribution is -0.0475. The number of ether oxygens (including phenoxy) is 1. The molecule has 2 nitrogen and oxygen atoms in total. The summed E-state index contributed by atoms with van der Waals surface area (Å²) < 4.78 is 51.6. The van der Waals surface area contributed by atoms with Crippen LogP contribution in [0.15, 0.2) is 30.3 Å². The van der Waals surface area contributed by atoms with Crippen LogP contribution >= 0.6 is 0 Å². The maximum Gasteiger partial charge on any atom is 0.284 e. The number of benzene rings is 1. The molecule has 1 heterocycles. The Labute approximate surface area is 216 Å². The maximum absolute atomic E-state index is 15.5. The minimum absolute atomic E-state index is 0.117. The smallest absolute Gasteiger partial charge is 0.284 e. The van der Waals surface area contributed by atoms with E-state index in [0.717, 1.165) is 38.0 Å². The Bertz CT molecular complexity index is 928. The fourth-order valence-corrected chi connectivity index (χ4v) is 5.19. The van der Waals surface area contributed by atoms with Crippen LogP contribution in [0.3, 0.4) is 0 Å². The van der Waals surface area contributed by atoms with Gasteiger partial charge in [-0.05, 0) is 54.7 Å². The van der Waals surface area contributed by atoms with Crippen molar-refractivity contribution in [1.29, 1.82) is 0 Å². The van der Waals surface area contributed by atoms with E-state index < -0.39 is 23.4 Å². The van der Waals surface area contributed by atoms with Gasteiger partial charge < -0.3 is 4.74 Å². The number of rotatable bonds is 15. The molecule has 36 heavy (non-hydrogen) atoms.